The molecule has 0 atom stereocenters. The molecule has 0 saturated heterocycles. The molecule has 0 aliphatic carbocycles. The Kier molecular flexibility index (Phi) is 8.67. The first-order valence-electron chi connectivity index (χ1n) is 4.78. The zero-order valence-corrected chi connectivity index (χ0v) is 8.34. The zero-order valence-electron chi connectivity index (χ0n) is 8.34. The molecule has 0 unspecified atom stereocenters. The lowest BCUT2D eigenvalue weighted by Crippen LogP contribution is -2.24. The SMILES string of the molecule is C=CCNCC(=O)OCCCCC. The van der Waals surface area contributed by atoms with E-state index < -0.39 is 0 Å². The molecule has 0 amide bonds. The van der Waals surface area contributed by atoms with Crippen molar-refractivity contribution in [3.8, 4) is 0 Å². The zero-order chi connectivity index (χ0) is 9.94. The van der Waals surface area contributed by atoms with Gasteiger partial charge in [-0.25, -0.2) is 0 Å². The summed E-state index contributed by atoms with van der Waals surface area (Å²) in [6.45, 7) is 7.11. The van der Waals surface area contributed by atoms with Gasteiger partial charge in [-0.15, -0.1) is 6.58 Å². The molecule has 0 aliphatic heterocycles. The number of unbranched alkanes of at least 4 members (excludes halogenated alkanes) is 2. The highest BCUT2D eigenvalue weighted by molar-refractivity contribution is 5.71. The van der Waals surface area contributed by atoms with Crippen LogP contribution in [0.5, 0.6) is 0 Å². The molecule has 3 heteroatoms. The molecule has 13 heavy (non-hydrogen) atoms. The van der Waals surface area contributed by atoms with Crippen molar-refractivity contribution in [1.29, 1.82) is 0 Å². The van der Waals surface area contributed by atoms with E-state index in [9.17, 15) is 4.79 Å². The van der Waals surface area contributed by atoms with E-state index in [2.05, 4.69) is 18.8 Å². The van der Waals surface area contributed by atoms with Gasteiger partial charge >= 0.3 is 5.97 Å². The van der Waals surface area contributed by atoms with Gasteiger partial charge in [-0.1, -0.05) is 25.8 Å². The maximum atomic E-state index is 11.0. The second kappa shape index (κ2) is 9.26. The summed E-state index contributed by atoms with van der Waals surface area (Å²) in [5, 5.41) is 2.88. The Labute approximate surface area is 80.2 Å². The second-order valence-electron chi connectivity index (χ2n) is 2.85. The van der Waals surface area contributed by atoms with Crippen molar-refractivity contribution in [2.75, 3.05) is 19.7 Å². The Balaban J connectivity index is 3.15. The molecule has 0 rings (SSSR count). The third-order valence-electron chi connectivity index (χ3n) is 1.57. The number of carbonyl (C=O) groups excluding carboxylic acids is 1. The van der Waals surface area contributed by atoms with Gasteiger partial charge in [-0.2, -0.15) is 0 Å². The van der Waals surface area contributed by atoms with Crippen molar-refractivity contribution in [2.45, 2.75) is 26.2 Å². The first kappa shape index (κ1) is 12.2. The van der Waals surface area contributed by atoms with Gasteiger partial charge in [0, 0.05) is 6.54 Å². The number of hydrogen-bond donors (Lipinski definition) is 1. The van der Waals surface area contributed by atoms with E-state index in [4.69, 9.17) is 4.74 Å². The highest BCUT2D eigenvalue weighted by atomic mass is 16.5. The van der Waals surface area contributed by atoms with Crippen LogP contribution in [0.25, 0.3) is 0 Å². The topological polar surface area (TPSA) is 38.3 Å². The molecule has 0 aromatic carbocycles. The molecule has 0 heterocycles. The molecule has 0 radical (unpaired) electrons. The molecule has 0 aromatic heterocycles. The van der Waals surface area contributed by atoms with Crippen LogP contribution >= 0.6 is 0 Å². The van der Waals surface area contributed by atoms with E-state index in [1.54, 1.807) is 6.08 Å². The molecule has 0 saturated carbocycles. The highest BCUT2D eigenvalue weighted by Gasteiger charge is 1.99. The van der Waals surface area contributed by atoms with Gasteiger partial charge in [0.1, 0.15) is 0 Å². The van der Waals surface area contributed by atoms with Crippen LogP contribution in [-0.4, -0.2) is 25.7 Å². The van der Waals surface area contributed by atoms with E-state index >= 15 is 0 Å². The summed E-state index contributed by atoms with van der Waals surface area (Å²) < 4.78 is 4.95. The van der Waals surface area contributed by atoms with Gasteiger partial charge in [0.25, 0.3) is 0 Å². The van der Waals surface area contributed by atoms with Gasteiger partial charge in [-0.05, 0) is 6.42 Å². The third kappa shape index (κ3) is 9.08. The normalized spacial score (nSPS) is 9.62. The summed E-state index contributed by atoms with van der Waals surface area (Å²) in [4.78, 5) is 11.0. The lowest BCUT2D eigenvalue weighted by atomic mass is 10.3. The third-order valence-corrected chi connectivity index (χ3v) is 1.57. The maximum absolute atomic E-state index is 11.0. The van der Waals surface area contributed by atoms with Crippen molar-refractivity contribution in [3.05, 3.63) is 12.7 Å². The predicted octanol–water partition coefficient (Wildman–Crippen LogP) is 1.50. The average molecular weight is 185 g/mol. The summed E-state index contributed by atoms with van der Waals surface area (Å²) >= 11 is 0. The minimum Gasteiger partial charge on any atom is -0.465 e. The Morgan fingerprint density at radius 3 is 2.92 bits per heavy atom. The molecule has 0 fully saturated rings. The van der Waals surface area contributed by atoms with Gasteiger partial charge in [0.05, 0.1) is 13.2 Å². The van der Waals surface area contributed by atoms with E-state index in [0.29, 0.717) is 13.2 Å². The van der Waals surface area contributed by atoms with Gasteiger partial charge < -0.3 is 10.1 Å². The summed E-state index contributed by atoms with van der Waals surface area (Å²) in [5.41, 5.74) is 0. The number of nitrogens with one attached hydrogen (secondary N) is 1. The number of hydrogen-bond acceptors (Lipinski definition) is 3. The number of rotatable bonds is 8. The Morgan fingerprint density at radius 1 is 1.54 bits per heavy atom. The van der Waals surface area contributed by atoms with Crippen LogP contribution in [0, 0.1) is 0 Å². The summed E-state index contributed by atoms with van der Waals surface area (Å²) in [6.07, 6.45) is 4.94. The molecule has 76 valence electrons. The van der Waals surface area contributed by atoms with Crippen LogP contribution in [0.1, 0.15) is 26.2 Å². The molecule has 1 N–H and O–H groups in total. The smallest absolute Gasteiger partial charge is 0.319 e. The van der Waals surface area contributed by atoms with Crippen molar-refractivity contribution in [3.63, 3.8) is 0 Å². The molecule has 0 spiro atoms. The lowest BCUT2D eigenvalue weighted by molar-refractivity contribution is -0.142. The molecule has 0 aromatic rings. The number of carbonyl (C=O) groups is 1. The molecule has 3 nitrogen and oxygen atoms in total. The van der Waals surface area contributed by atoms with Gasteiger partial charge in [-0.3, -0.25) is 4.79 Å². The summed E-state index contributed by atoms with van der Waals surface area (Å²) in [6, 6.07) is 0. The lowest BCUT2D eigenvalue weighted by Gasteiger charge is -2.03. The first-order chi connectivity index (χ1) is 6.31. The monoisotopic (exact) mass is 185 g/mol. The quantitative estimate of drug-likeness (QED) is 0.354. The fourth-order valence-corrected chi connectivity index (χ4v) is 0.865. The van der Waals surface area contributed by atoms with Gasteiger partial charge in [0.2, 0.25) is 0 Å². The fourth-order valence-electron chi connectivity index (χ4n) is 0.865. The van der Waals surface area contributed by atoms with Crippen LogP contribution in [0.2, 0.25) is 0 Å². The standard InChI is InChI=1S/C10H19NO2/c1-3-5-6-8-13-10(12)9-11-7-4-2/h4,11H,2-3,5-9H2,1H3. The highest BCUT2D eigenvalue weighted by Crippen LogP contribution is 1.93. The molecule has 0 aliphatic rings. The van der Waals surface area contributed by atoms with Crippen molar-refractivity contribution in [2.24, 2.45) is 0 Å². The predicted molar refractivity (Wildman–Crippen MR) is 53.6 cm³/mol. The summed E-state index contributed by atoms with van der Waals surface area (Å²) in [5.74, 6) is -0.182. The average Bonchev–Trinajstić information content (AvgIpc) is 2.13. The number of ether oxygens (including phenoxy) is 1. The molecule has 0 bridgehead atoms. The Bertz CT molecular complexity index is 146. The minimum absolute atomic E-state index is 0.182. The van der Waals surface area contributed by atoms with Crippen LogP contribution in [0.15, 0.2) is 12.7 Å². The molecular weight excluding hydrogens is 166 g/mol. The fraction of sp³-hybridized carbons (Fsp3) is 0.700. The van der Waals surface area contributed by atoms with Crippen LogP contribution in [0.4, 0.5) is 0 Å². The molecular formula is C10H19NO2. The van der Waals surface area contributed by atoms with Crippen LogP contribution in [0.3, 0.4) is 0 Å². The van der Waals surface area contributed by atoms with Crippen molar-refractivity contribution in [1.82, 2.24) is 5.32 Å². The summed E-state index contributed by atoms with van der Waals surface area (Å²) in [7, 11) is 0. The van der Waals surface area contributed by atoms with Crippen LogP contribution < -0.4 is 5.32 Å². The van der Waals surface area contributed by atoms with E-state index in [0.717, 1.165) is 19.3 Å². The van der Waals surface area contributed by atoms with E-state index in [1.165, 1.54) is 0 Å². The van der Waals surface area contributed by atoms with Crippen LogP contribution in [-0.2, 0) is 9.53 Å². The van der Waals surface area contributed by atoms with E-state index in [-0.39, 0.29) is 12.5 Å². The second-order valence-corrected chi connectivity index (χ2v) is 2.85. The number of esters is 1. The Hall–Kier alpha value is -0.830. The van der Waals surface area contributed by atoms with Gasteiger partial charge in [0.15, 0.2) is 0 Å². The first-order valence-corrected chi connectivity index (χ1v) is 4.78. The largest absolute Gasteiger partial charge is 0.465 e. The van der Waals surface area contributed by atoms with E-state index in [1.807, 2.05) is 0 Å². The Morgan fingerprint density at radius 2 is 2.31 bits per heavy atom. The van der Waals surface area contributed by atoms with Crippen molar-refractivity contribution < 1.29 is 9.53 Å². The minimum atomic E-state index is -0.182. The maximum Gasteiger partial charge on any atom is 0.319 e. The van der Waals surface area contributed by atoms with Crippen molar-refractivity contribution >= 4 is 5.97 Å².